The van der Waals surface area contributed by atoms with Gasteiger partial charge in [0.2, 0.25) is 0 Å². The van der Waals surface area contributed by atoms with Crippen molar-refractivity contribution < 1.29 is 4.79 Å². The van der Waals surface area contributed by atoms with Crippen LogP contribution >= 0.6 is 0 Å². The quantitative estimate of drug-likeness (QED) is 0.645. The van der Waals surface area contributed by atoms with Gasteiger partial charge in [-0.05, 0) is 19.1 Å². The molecule has 0 fully saturated rings. The molecule has 1 aromatic rings. The number of amides is 2. The van der Waals surface area contributed by atoms with Crippen molar-refractivity contribution in [2.45, 2.75) is 6.92 Å². The Morgan fingerprint density at radius 2 is 1.85 bits per heavy atom. The van der Waals surface area contributed by atoms with Crippen molar-refractivity contribution in [3.63, 3.8) is 0 Å². The summed E-state index contributed by atoms with van der Waals surface area (Å²) in [5.74, 6) is 0. The van der Waals surface area contributed by atoms with E-state index in [-0.39, 0.29) is 0 Å². The molecule has 1 aliphatic rings. The first-order chi connectivity index (χ1) is 6.27. The number of hydrogen-bond donors (Lipinski definition) is 0. The third-order valence-corrected chi connectivity index (χ3v) is 1.77. The summed E-state index contributed by atoms with van der Waals surface area (Å²) in [5.41, 5.74) is 2.19. The van der Waals surface area contributed by atoms with E-state index in [0.717, 1.165) is 5.56 Å². The highest BCUT2D eigenvalue weighted by Gasteiger charge is 2.16. The second-order valence-electron chi connectivity index (χ2n) is 2.68. The molecule has 0 atom stereocenters. The summed E-state index contributed by atoms with van der Waals surface area (Å²) in [5, 5.41) is 0. The highest BCUT2D eigenvalue weighted by atomic mass is 16.2. The molecule has 4 heteroatoms. The molecule has 2 heterocycles. The average Bonchev–Trinajstić information content (AvgIpc) is 2.47. The zero-order valence-corrected chi connectivity index (χ0v) is 7.06. The Kier molecular flexibility index (Phi) is 1.73. The van der Waals surface area contributed by atoms with Gasteiger partial charge >= 0.3 is 6.03 Å². The van der Waals surface area contributed by atoms with E-state index in [0.29, 0.717) is 11.4 Å². The highest BCUT2D eigenvalue weighted by Crippen LogP contribution is 2.08. The van der Waals surface area contributed by atoms with Crippen LogP contribution in [0.2, 0.25) is 0 Å². The maximum absolute atomic E-state index is 10.8. The molecule has 13 heavy (non-hydrogen) atoms. The highest BCUT2D eigenvalue weighted by molar-refractivity contribution is 6.52. The van der Waals surface area contributed by atoms with Crippen molar-refractivity contribution in [2.75, 3.05) is 0 Å². The van der Waals surface area contributed by atoms with Gasteiger partial charge in [-0.25, -0.2) is 4.79 Å². The van der Waals surface area contributed by atoms with Crippen molar-refractivity contribution in [2.24, 2.45) is 9.98 Å². The number of aliphatic imine (C=N–C) groups is 2. The Hall–Kier alpha value is -1.84. The summed E-state index contributed by atoms with van der Waals surface area (Å²) in [4.78, 5) is 22.2. The molecule has 2 amide bonds. The maximum Gasteiger partial charge on any atom is 0.367 e. The van der Waals surface area contributed by atoms with Gasteiger partial charge < -0.3 is 0 Å². The zero-order valence-electron chi connectivity index (χ0n) is 7.06. The lowest BCUT2D eigenvalue weighted by molar-refractivity contribution is 0.257. The molecule has 0 saturated heterocycles. The van der Waals surface area contributed by atoms with Crippen LogP contribution in [0.15, 0.2) is 34.5 Å². The summed E-state index contributed by atoms with van der Waals surface area (Å²) in [6.45, 7) is 1.77. The number of nitrogens with zero attached hydrogens (tertiary/aromatic N) is 3. The average molecular weight is 173 g/mol. The fraction of sp³-hybridized carbons (Fsp3) is 0.111. The largest absolute Gasteiger partial charge is 0.367 e. The van der Waals surface area contributed by atoms with E-state index >= 15 is 0 Å². The first-order valence-corrected chi connectivity index (χ1v) is 3.86. The summed E-state index contributed by atoms with van der Waals surface area (Å²) < 4.78 is 0. The van der Waals surface area contributed by atoms with E-state index in [1.165, 1.54) is 0 Å². The first-order valence-electron chi connectivity index (χ1n) is 3.86. The fourth-order valence-corrected chi connectivity index (χ4v) is 1.18. The molecule has 0 aliphatic carbocycles. The van der Waals surface area contributed by atoms with E-state index in [2.05, 4.69) is 15.0 Å². The minimum atomic E-state index is -0.427. The SMILES string of the molecule is CC1=NC(=O)N=C1c1ccncc1. The van der Waals surface area contributed by atoms with Crippen molar-refractivity contribution in [3.8, 4) is 0 Å². The Labute approximate surface area is 75.1 Å². The second kappa shape index (κ2) is 2.90. The van der Waals surface area contributed by atoms with E-state index in [9.17, 15) is 4.79 Å². The molecule has 1 aromatic heterocycles. The Bertz CT molecular complexity index is 406. The summed E-state index contributed by atoms with van der Waals surface area (Å²) >= 11 is 0. The van der Waals surface area contributed by atoms with Crippen LogP contribution in [-0.4, -0.2) is 22.4 Å². The third-order valence-electron chi connectivity index (χ3n) is 1.77. The molecule has 0 N–H and O–H groups in total. The molecule has 4 nitrogen and oxygen atoms in total. The van der Waals surface area contributed by atoms with Crippen molar-refractivity contribution in [3.05, 3.63) is 30.1 Å². The zero-order chi connectivity index (χ0) is 9.26. The maximum atomic E-state index is 10.8. The van der Waals surface area contributed by atoms with E-state index in [4.69, 9.17) is 0 Å². The monoisotopic (exact) mass is 173 g/mol. The summed E-state index contributed by atoms with van der Waals surface area (Å²) in [6, 6.07) is 3.18. The van der Waals surface area contributed by atoms with Gasteiger partial charge in [0.1, 0.15) is 0 Å². The predicted molar refractivity (Wildman–Crippen MR) is 49.3 cm³/mol. The van der Waals surface area contributed by atoms with Crippen LogP contribution in [0, 0.1) is 0 Å². The number of carbonyl (C=O) groups is 1. The van der Waals surface area contributed by atoms with Crippen LogP contribution in [0.3, 0.4) is 0 Å². The van der Waals surface area contributed by atoms with Crippen LogP contribution in [0.5, 0.6) is 0 Å². The lowest BCUT2D eigenvalue weighted by Gasteiger charge is -1.97. The van der Waals surface area contributed by atoms with E-state index < -0.39 is 6.03 Å². The molecule has 0 spiro atoms. The molecule has 2 rings (SSSR count). The standard InChI is InChI=1S/C9H7N3O/c1-6-8(12-9(13)11-6)7-2-4-10-5-3-7/h2-5H,1H3. The minimum Gasteiger partial charge on any atom is -0.265 e. The first kappa shape index (κ1) is 7.79. The Balaban J connectivity index is 2.45. The van der Waals surface area contributed by atoms with Gasteiger partial charge in [0.15, 0.2) is 0 Å². The fourth-order valence-electron chi connectivity index (χ4n) is 1.18. The number of pyridine rings is 1. The van der Waals surface area contributed by atoms with E-state index in [1.54, 1.807) is 31.5 Å². The van der Waals surface area contributed by atoms with Gasteiger partial charge in [-0.2, -0.15) is 9.98 Å². The van der Waals surface area contributed by atoms with Crippen LogP contribution in [0.4, 0.5) is 4.79 Å². The molecule has 64 valence electrons. The second-order valence-corrected chi connectivity index (χ2v) is 2.68. The minimum absolute atomic E-state index is 0.427. The molecule has 0 bridgehead atoms. The summed E-state index contributed by atoms with van der Waals surface area (Å²) in [6.07, 6.45) is 3.32. The van der Waals surface area contributed by atoms with Gasteiger partial charge in [-0.15, -0.1) is 0 Å². The number of aromatic nitrogens is 1. The lowest BCUT2D eigenvalue weighted by atomic mass is 10.1. The smallest absolute Gasteiger partial charge is 0.265 e. The van der Waals surface area contributed by atoms with Gasteiger partial charge in [0.05, 0.1) is 11.4 Å². The lowest BCUT2D eigenvalue weighted by Crippen LogP contribution is -2.07. The van der Waals surface area contributed by atoms with Gasteiger partial charge in [-0.3, -0.25) is 4.98 Å². The van der Waals surface area contributed by atoms with Crippen molar-refractivity contribution in [1.82, 2.24) is 4.98 Å². The number of carbonyl (C=O) groups excluding carboxylic acids is 1. The Morgan fingerprint density at radius 3 is 2.38 bits per heavy atom. The predicted octanol–water partition coefficient (Wildman–Crippen LogP) is 1.47. The molecule has 0 saturated carbocycles. The van der Waals surface area contributed by atoms with Gasteiger partial charge in [0.25, 0.3) is 0 Å². The van der Waals surface area contributed by atoms with Crippen LogP contribution in [-0.2, 0) is 0 Å². The number of urea groups is 1. The summed E-state index contributed by atoms with van der Waals surface area (Å²) in [7, 11) is 0. The van der Waals surface area contributed by atoms with E-state index in [1.807, 2.05) is 0 Å². The third kappa shape index (κ3) is 1.38. The van der Waals surface area contributed by atoms with Crippen LogP contribution < -0.4 is 0 Å². The Morgan fingerprint density at radius 1 is 1.15 bits per heavy atom. The van der Waals surface area contributed by atoms with Gasteiger partial charge in [-0.1, -0.05) is 0 Å². The number of rotatable bonds is 1. The molecule has 0 radical (unpaired) electrons. The molecule has 0 unspecified atom stereocenters. The molecule has 1 aliphatic heterocycles. The topological polar surface area (TPSA) is 54.7 Å². The van der Waals surface area contributed by atoms with Crippen molar-refractivity contribution in [1.29, 1.82) is 0 Å². The van der Waals surface area contributed by atoms with Crippen LogP contribution in [0.1, 0.15) is 12.5 Å². The van der Waals surface area contributed by atoms with Gasteiger partial charge in [0, 0.05) is 18.0 Å². The normalized spacial score (nSPS) is 15.6. The van der Waals surface area contributed by atoms with Crippen LogP contribution in [0.25, 0.3) is 0 Å². The molecular formula is C9H7N3O. The number of hydrogen-bond acceptors (Lipinski definition) is 2. The van der Waals surface area contributed by atoms with Crippen molar-refractivity contribution >= 4 is 17.5 Å². The molecular weight excluding hydrogens is 166 g/mol. The molecule has 0 aromatic carbocycles.